The Bertz CT molecular complexity index is 946. The second-order valence-electron chi connectivity index (χ2n) is 6.60. The van der Waals surface area contributed by atoms with Gasteiger partial charge >= 0.3 is 0 Å². The van der Waals surface area contributed by atoms with Crippen molar-refractivity contribution in [3.8, 4) is 0 Å². The molecular weight excluding hydrogens is 407 g/mol. The first-order valence-corrected chi connectivity index (χ1v) is 10.8. The van der Waals surface area contributed by atoms with Crippen LogP contribution in [0, 0.1) is 12.8 Å². The largest absolute Gasteiger partial charge is 0.326 e. The quantitative estimate of drug-likeness (QED) is 0.790. The van der Waals surface area contributed by atoms with Gasteiger partial charge in [0.25, 0.3) is 0 Å². The molecule has 1 aliphatic rings. The predicted octanol–water partition coefficient (Wildman–Crippen LogP) is 4.34. The van der Waals surface area contributed by atoms with Crippen LogP contribution in [-0.2, 0) is 14.8 Å². The SMILES string of the molecule is Cc1cc(Cl)ccc1NC(=O)[C@@H]1CCCN(S(=O)(=O)c2ccc(Cl)cc2)C1. The maximum absolute atomic E-state index is 12.9. The second-order valence-corrected chi connectivity index (χ2v) is 9.42. The van der Waals surface area contributed by atoms with Gasteiger partial charge in [-0.3, -0.25) is 4.79 Å². The molecule has 0 radical (unpaired) electrons. The third-order valence-corrected chi connectivity index (χ3v) is 7.02. The molecule has 0 unspecified atom stereocenters. The molecule has 0 aliphatic carbocycles. The van der Waals surface area contributed by atoms with Gasteiger partial charge in [0, 0.05) is 28.8 Å². The number of sulfonamides is 1. The number of hydrogen-bond donors (Lipinski definition) is 1. The Morgan fingerprint density at radius 3 is 2.44 bits per heavy atom. The van der Waals surface area contributed by atoms with Crippen LogP contribution >= 0.6 is 23.2 Å². The first-order chi connectivity index (χ1) is 12.8. The Hall–Kier alpha value is -1.60. The first kappa shape index (κ1) is 20.1. The lowest BCUT2D eigenvalue weighted by Crippen LogP contribution is -2.43. The van der Waals surface area contributed by atoms with Crippen LogP contribution in [-0.4, -0.2) is 31.7 Å². The van der Waals surface area contributed by atoms with E-state index in [2.05, 4.69) is 5.32 Å². The zero-order valence-electron chi connectivity index (χ0n) is 14.8. The summed E-state index contributed by atoms with van der Waals surface area (Å²) in [4.78, 5) is 12.9. The fourth-order valence-electron chi connectivity index (χ4n) is 3.13. The van der Waals surface area contributed by atoms with Crippen LogP contribution in [0.4, 0.5) is 5.69 Å². The summed E-state index contributed by atoms with van der Waals surface area (Å²) in [5.74, 6) is -0.590. The van der Waals surface area contributed by atoms with E-state index in [1.165, 1.54) is 16.4 Å². The minimum atomic E-state index is -3.65. The highest BCUT2D eigenvalue weighted by atomic mass is 35.5. The fourth-order valence-corrected chi connectivity index (χ4v) is 5.01. The molecule has 2 aromatic rings. The Labute approximate surface area is 169 Å². The Morgan fingerprint density at radius 2 is 1.78 bits per heavy atom. The molecule has 1 aliphatic heterocycles. The van der Waals surface area contributed by atoms with Gasteiger partial charge in [-0.25, -0.2) is 8.42 Å². The minimum Gasteiger partial charge on any atom is -0.326 e. The van der Waals surface area contributed by atoms with Crippen LogP contribution in [0.2, 0.25) is 10.0 Å². The molecule has 1 N–H and O–H groups in total. The van der Waals surface area contributed by atoms with Crippen molar-refractivity contribution in [2.45, 2.75) is 24.7 Å². The third-order valence-electron chi connectivity index (χ3n) is 4.65. The summed E-state index contributed by atoms with van der Waals surface area (Å²) in [5, 5.41) is 3.97. The van der Waals surface area contributed by atoms with Crippen LogP contribution in [0.15, 0.2) is 47.4 Å². The van der Waals surface area contributed by atoms with Gasteiger partial charge in [0.2, 0.25) is 15.9 Å². The van der Waals surface area contributed by atoms with E-state index in [9.17, 15) is 13.2 Å². The van der Waals surface area contributed by atoms with E-state index in [1.807, 2.05) is 6.92 Å². The number of aryl methyl sites for hydroxylation is 1. The highest BCUT2D eigenvalue weighted by Crippen LogP contribution is 2.26. The number of anilines is 1. The summed E-state index contributed by atoms with van der Waals surface area (Å²) in [6.45, 7) is 2.41. The molecule has 27 heavy (non-hydrogen) atoms. The molecular formula is C19H20Cl2N2O3S. The lowest BCUT2D eigenvalue weighted by atomic mass is 9.98. The molecule has 1 heterocycles. The number of carbonyl (C=O) groups excluding carboxylic acids is 1. The highest BCUT2D eigenvalue weighted by molar-refractivity contribution is 7.89. The summed E-state index contributed by atoms with van der Waals surface area (Å²) < 4.78 is 27.1. The summed E-state index contributed by atoms with van der Waals surface area (Å²) >= 11 is 11.8. The number of carbonyl (C=O) groups is 1. The van der Waals surface area contributed by atoms with Crippen molar-refractivity contribution in [1.29, 1.82) is 0 Å². The van der Waals surface area contributed by atoms with Gasteiger partial charge in [-0.2, -0.15) is 4.31 Å². The molecule has 1 saturated heterocycles. The molecule has 8 heteroatoms. The predicted molar refractivity (Wildman–Crippen MR) is 108 cm³/mol. The van der Waals surface area contributed by atoms with Crippen LogP contribution in [0.3, 0.4) is 0 Å². The molecule has 1 atom stereocenters. The van der Waals surface area contributed by atoms with Gasteiger partial charge < -0.3 is 5.32 Å². The van der Waals surface area contributed by atoms with E-state index < -0.39 is 15.9 Å². The van der Waals surface area contributed by atoms with Crippen molar-refractivity contribution in [3.63, 3.8) is 0 Å². The Kier molecular flexibility index (Phi) is 6.11. The second kappa shape index (κ2) is 8.19. The molecule has 0 saturated carbocycles. The molecule has 144 valence electrons. The number of rotatable bonds is 4. The van der Waals surface area contributed by atoms with E-state index in [0.29, 0.717) is 35.1 Å². The average molecular weight is 427 g/mol. The summed E-state index contributed by atoms with van der Waals surface area (Å²) in [7, 11) is -3.65. The average Bonchev–Trinajstić information content (AvgIpc) is 2.64. The van der Waals surface area contributed by atoms with Crippen molar-refractivity contribution < 1.29 is 13.2 Å². The molecule has 3 rings (SSSR count). The van der Waals surface area contributed by atoms with Crippen molar-refractivity contribution in [2.75, 3.05) is 18.4 Å². The molecule has 1 amide bonds. The monoisotopic (exact) mass is 426 g/mol. The summed E-state index contributed by atoms with van der Waals surface area (Å²) in [5.41, 5.74) is 1.54. The molecule has 2 aromatic carbocycles. The number of nitrogens with zero attached hydrogens (tertiary/aromatic N) is 1. The van der Waals surface area contributed by atoms with E-state index in [4.69, 9.17) is 23.2 Å². The first-order valence-electron chi connectivity index (χ1n) is 8.60. The molecule has 1 fully saturated rings. The number of piperidine rings is 1. The summed E-state index contributed by atoms with van der Waals surface area (Å²) in [6, 6.07) is 11.3. The zero-order valence-corrected chi connectivity index (χ0v) is 17.1. The van der Waals surface area contributed by atoms with Gasteiger partial charge in [-0.1, -0.05) is 23.2 Å². The normalized spacial score (nSPS) is 18.3. The minimum absolute atomic E-state index is 0.156. The summed E-state index contributed by atoms with van der Waals surface area (Å²) in [6.07, 6.45) is 1.27. The van der Waals surface area contributed by atoms with Crippen molar-refractivity contribution in [3.05, 3.63) is 58.1 Å². The van der Waals surface area contributed by atoms with Crippen LogP contribution in [0.1, 0.15) is 18.4 Å². The number of halogens is 2. The van der Waals surface area contributed by atoms with Gasteiger partial charge in [-0.15, -0.1) is 0 Å². The molecule has 0 bridgehead atoms. The van der Waals surface area contributed by atoms with Crippen LogP contribution in [0.5, 0.6) is 0 Å². The van der Waals surface area contributed by atoms with Crippen LogP contribution < -0.4 is 5.32 Å². The number of nitrogens with one attached hydrogen (secondary N) is 1. The molecule has 5 nitrogen and oxygen atoms in total. The standard InChI is InChI=1S/C19H20Cl2N2O3S/c1-13-11-16(21)6-9-18(13)22-19(24)14-3-2-10-23(12-14)27(25,26)17-7-4-15(20)5-8-17/h4-9,11,14H,2-3,10,12H2,1H3,(H,22,24)/t14-/m1/s1. The lowest BCUT2D eigenvalue weighted by molar-refractivity contribution is -0.120. The van der Waals surface area contributed by atoms with Gasteiger partial charge in [0.1, 0.15) is 0 Å². The van der Waals surface area contributed by atoms with E-state index in [1.54, 1.807) is 30.3 Å². The van der Waals surface area contributed by atoms with E-state index in [0.717, 1.165) is 5.56 Å². The topological polar surface area (TPSA) is 66.5 Å². The van der Waals surface area contributed by atoms with E-state index >= 15 is 0 Å². The Morgan fingerprint density at radius 1 is 1.11 bits per heavy atom. The maximum atomic E-state index is 12.9. The van der Waals surface area contributed by atoms with Crippen molar-refractivity contribution in [1.82, 2.24) is 4.31 Å². The maximum Gasteiger partial charge on any atom is 0.243 e. The zero-order chi connectivity index (χ0) is 19.6. The van der Waals surface area contributed by atoms with E-state index in [-0.39, 0.29) is 17.3 Å². The highest BCUT2D eigenvalue weighted by Gasteiger charge is 2.33. The van der Waals surface area contributed by atoms with Crippen molar-refractivity contribution >= 4 is 44.8 Å². The fraction of sp³-hybridized carbons (Fsp3) is 0.316. The van der Waals surface area contributed by atoms with Crippen molar-refractivity contribution in [2.24, 2.45) is 5.92 Å². The molecule has 0 spiro atoms. The number of hydrogen-bond acceptors (Lipinski definition) is 3. The molecule has 0 aromatic heterocycles. The van der Waals surface area contributed by atoms with Gasteiger partial charge in [0.15, 0.2) is 0 Å². The van der Waals surface area contributed by atoms with Gasteiger partial charge in [-0.05, 0) is 67.8 Å². The Balaban J connectivity index is 1.73. The van der Waals surface area contributed by atoms with Crippen LogP contribution in [0.25, 0.3) is 0 Å². The van der Waals surface area contributed by atoms with Gasteiger partial charge in [0.05, 0.1) is 10.8 Å². The third kappa shape index (κ3) is 4.63. The smallest absolute Gasteiger partial charge is 0.243 e. The number of amides is 1. The lowest BCUT2D eigenvalue weighted by Gasteiger charge is -2.31. The number of benzene rings is 2.